The number of hydrogen-bond acceptors (Lipinski definition) is 3. The normalized spacial score (nSPS) is 27.6. The molecule has 1 aromatic heterocycles. The van der Waals surface area contributed by atoms with Gasteiger partial charge in [-0.2, -0.15) is 0 Å². The highest BCUT2D eigenvalue weighted by molar-refractivity contribution is 8.00. The van der Waals surface area contributed by atoms with Crippen LogP contribution in [0.2, 0.25) is 0 Å². The first-order valence-electron chi connectivity index (χ1n) is 5.07. The zero-order valence-electron chi connectivity index (χ0n) is 8.66. The van der Waals surface area contributed by atoms with Crippen molar-refractivity contribution in [1.82, 2.24) is 10.3 Å². The molecular formula is C11H16N2S. The van der Waals surface area contributed by atoms with Crippen LogP contribution in [0.5, 0.6) is 0 Å². The van der Waals surface area contributed by atoms with Crippen LogP contribution in [0.1, 0.15) is 30.0 Å². The molecule has 76 valence electrons. The topological polar surface area (TPSA) is 24.9 Å². The summed E-state index contributed by atoms with van der Waals surface area (Å²) in [5, 5.41) is 4.61. The third-order valence-corrected chi connectivity index (χ3v) is 3.83. The Bertz CT molecular complexity index is 297. The Kier molecular flexibility index (Phi) is 3.08. The van der Waals surface area contributed by atoms with E-state index in [9.17, 15) is 0 Å². The van der Waals surface area contributed by atoms with Crippen LogP contribution in [-0.4, -0.2) is 16.8 Å². The highest BCUT2D eigenvalue weighted by Gasteiger charge is 2.20. The van der Waals surface area contributed by atoms with Crippen molar-refractivity contribution >= 4 is 11.8 Å². The van der Waals surface area contributed by atoms with E-state index in [1.54, 1.807) is 0 Å². The molecule has 0 amide bonds. The monoisotopic (exact) mass is 208 g/mol. The second-order valence-electron chi connectivity index (χ2n) is 3.83. The molecule has 2 rings (SSSR count). The molecule has 1 aliphatic rings. The number of nitrogens with one attached hydrogen (secondary N) is 1. The first kappa shape index (κ1) is 9.99. The number of aryl methyl sites for hydroxylation is 1. The second-order valence-corrected chi connectivity index (χ2v) is 5.38. The van der Waals surface area contributed by atoms with Crippen LogP contribution in [0, 0.1) is 6.92 Å². The van der Waals surface area contributed by atoms with E-state index in [4.69, 9.17) is 0 Å². The lowest BCUT2D eigenvalue weighted by atomic mass is 10.2. The average molecular weight is 208 g/mol. The first-order chi connectivity index (χ1) is 6.75. The van der Waals surface area contributed by atoms with Gasteiger partial charge in [-0.3, -0.25) is 4.98 Å². The van der Waals surface area contributed by atoms with Gasteiger partial charge in [0.1, 0.15) is 0 Å². The molecule has 2 heterocycles. The molecule has 0 aliphatic carbocycles. The van der Waals surface area contributed by atoms with Crippen molar-refractivity contribution in [3.05, 3.63) is 29.6 Å². The molecule has 1 aromatic rings. The van der Waals surface area contributed by atoms with E-state index in [0.29, 0.717) is 5.37 Å². The van der Waals surface area contributed by atoms with E-state index in [1.165, 1.54) is 12.0 Å². The highest BCUT2D eigenvalue weighted by Crippen LogP contribution is 2.33. The molecule has 2 nitrogen and oxygen atoms in total. The largest absolute Gasteiger partial charge is 0.300 e. The Balaban J connectivity index is 2.10. The summed E-state index contributed by atoms with van der Waals surface area (Å²) < 4.78 is 0. The minimum atomic E-state index is 0.388. The number of aromatic nitrogens is 1. The first-order valence-corrected chi connectivity index (χ1v) is 6.01. The Morgan fingerprint density at radius 2 is 2.36 bits per heavy atom. The van der Waals surface area contributed by atoms with Gasteiger partial charge < -0.3 is 5.32 Å². The van der Waals surface area contributed by atoms with Gasteiger partial charge in [-0.15, -0.1) is 11.8 Å². The number of pyridine rings is 1. The molecule has 1 aliphatic heterocycles. The minimum absolute atomic E-state index is 0.388. The van der Waals surface area contributed by atoms with Gasteiger partial charge in [-0.05, 0) is 31.5 Å². The summed E-state index contributed by atoms with van der Waals surface area (Å²) in [5.41, 5.74) is 2.38. The fourth-order valence-corrected chi connectivity index (χ4v) is 2.79. The van der Waals surface area contributed by atoms with Crippen molar-refractivity contribution in [1.29, 1.82) is 0 Å². The predicted octanol–water partition coefficient (Wildman–Crippen LogP) is 2.50. The van der Waals surface area contributed by atoms with Crippen LogP contribution >= 0.6 is 11.8 Å². The maximum Gasteiger partial charge on any atom is 0.0964 e. The lowest BCUT2D eigenvalue weighted by molar-refractivity contribution is 0.597. The summed E-state index contributed by atoms with van der Waals surface area (Å²) in [4.78, 5) is 4.45. The smallest absolute Gasteiger partial charge is 0.0964 e. The van der Waals surface area contributed by atoms with Crippen LogP contribution in [0.25, 0.3) is 0 Å². The fraction of sp³-hybridized carbons (Fsp3) is 0.545. The molecule has 0 spiro atoms. The lowest BCUT2D eigenvalue weighted by Crippen LogP contribution is -2.29. The SMILES string of the molecule is Cc1ccc(C2NCCC(C)S2)nc1. The summed E-state index contributed by atoms with van der Waals surface area (Å²) in [6.07, 6.45) is 3.20. The van der Waals surface area contributed by atoms with Crippen molar-refractivity contribution in [3.63, 3.8) is 0 Å². The molecule has 14 heavy (non-hydrogen) atoms. The van der Waals surface area contributed by atoms with E-state index < -0.39 is 0 Å². The molecule has 1 fully saturated rings. The molecule has 0 radical (unpaired) electrons. The second kappa shape index (κ2) is 4.32. The van der Waals surface area contributed by atoms with Crippen molar-refractivity contribution < 1.29 is 0 Å². The van der Waals surface area contributed by atoms with Gasteiger partial charge in [0.05, 0.1) is 11.1 Å². The highest BCUT2D eigenvalue weighted by atomic mass is 32.2. The van der Waals surface area contributed by atoms with Gasteiger partial charge >= 0.3 is 0 Å². The third kappa shape index (κ3) is 2.28. The van der Waals surface area contributed by atoms with E-state index in [1.807, 2.05) is 18.0 Å². The zero-order chi connectivity index (χ0) is 9.97. The zero-order valence-corrected chi connectivity index (χ0v) is 9.47. The number of hydrogen-bond donors (Lipinski definition) is 1. The molecule has 2 atom stereocenters. The summed E-state index contributed by atoms with van der Waals surface area (Å²) in [6.45, 7) is 5.46. The Morgan fingerprint density at radius 1 is 1.50 bits per heavy atom. The third-order valence-electron chi connectivity index (χ3n) is 2.45. The van der Waals surface area contributed by atoms with E-state index in [2.05, 4.69) is 36.3 Å². The molecule has 0 aromatic carbocycles. The van der Waals surface area contributed by atoms with Crippen LogP contribution in [-0.2, 0) is 0 Å². The molecule has 1 N–H and O–H groups in total. The van der Waals surface area contributed by atoms with Gasteiger partial charge in [0.15, 0.2) is 0 Å². The summed E-state index contributed by atoms with van der Waals surface area (Å²) >= 11 is 1.97. The summed E-state index contributed by atoms with van der Waals surface area (Å²) in [6, 6.07) is 4.25. The average Bonchev–Trinajstić information content (AvgIpc) is 2.19. The maximum atomic E-state index is 4.45. The number of thioether (sulfide) groups is 1. The summed E-state index contributed by atoms with van der Waals surface area (Å²) in [5.74, 6) is 0. The van der Waals surface area contributed by atoms with Gasteiger partial charge in [0.25, 0.3) is 0 Å². The van der Waals surface area contributed by atoms with Crippen LogP contribution in [0.3, 0.4) is 0 Å². The Labute approximate surface area is 89.5 Å². The molecule has 0 bridgehead atoms. The fourth-order valence-electron chi connectivity index (χ4n) is 1.57. The van der Waals surface area contributed by atoms with Crippen molar-refractivity contribution in [2.75, 3.05) is 6.54 Å². The summed E-state index contributed by atoms with van der Waals surface area (Å²) in [7, 11) is 0. The van der Waals surface area contributed by atoms with Crippen LogP contribution < -0.4 is 5.32 Å². The molecule has 2 unspecified atom stereocenters. The van der Waals surface area contributed by atoms with Crippen molar-refractivity contribution in [2.24, 2.45) is 0 Å². The van der Waals surface area contributed by atoms with Crippen molar-refractivity contribution in [2.45, 2.75) is 30.9 Å². The van der Waals surface area contributed by atoms with Gasteiger partial charge in [0.2, 0.25) is 0 Å². The quantitative estimate of drug-likeness (QED) is 0.767. The van der Waals surface area contributed by atoms with Gasteiger partial charge in [0, 0.05) is 11.4 Å². The Hall–Kier alpha value is -0.540. The molecular weight excluding hydrogens is 192 g/mol. The van der Waals surface area contributed by atoms with E-state index >= 15 is 0 Å². The lowest BCUT2D eigenvalue weighted by Gasteiger charge is -2.27. The minimum Gasteiger partial charge on any atom is -0.300 e. The standard InChI is InChI=1S/C11H16N2S/c1-8-3-4-10(13-7-8)11-12-6-5-9(2)14-11/h3-4,7,9,11-12H,5-6H2,1-2H3. The van der Waals surface area contributed by atoms with Gasteiger partial charge in [-0.1, -0.05) is 13.0 Å². The van der Waals surface area contributed by atoms with E-state index in [0.717, 1.165) is 17.5 Å². The molecule has 0 saturated carbocycles. The molecule has 3 heteroatoms. The predicted molar refractivity (Wildman–Crippen MR) is 61.4 cm³/mol. The molecule has 1 saturated heterocycles. The van der Waals surface area contributed by atoms with Crippen LogP contribution in [0.4, 0.5) is 0 Å². The Morgan fingerprint density at radius 3 is 3.00 bits per heavy atom. The number of rotatable bonds is 1. The van der Waals surface area contributed by atoms with Gasteiger partial charge in [-0.25, -0.2) is 0 Å². The van der Waals surface area contributed by atoms with Crippen molar-refractivity contribution in [3.8, 4) is 0 Å². The van der Waals surface area contributed by atoms with E-state index in [-0.39, 0.29) is 0 Å². The maximum absolute atomic E-state index is 4.45. The van der Waals surface area contributed by atoms with Crippen LogP contribution in [0.15, 0.2) is 18.3 Å². The number of nitrogens with zero attached hydrogens (tertiary/aromatic N) is 1.